The second kappa shape index (κ2) is 6.92. The van der Waals surface area contributed by atoms with Gasteiger partial charge in [0.1, 0.15) is 5.75 Å². The van der Waals surface area contributed by atoms with E-state index in [-0.39, 0.29) is 12.5 Å². The largest absolute Gasteiger partial charge is 0.484 e. The Kier molecular flexibility index (Phi) is 4.98. The third-order valence-corrected chi connectivity index (χ3v) is 3.20. The maximum atomic E-state index is 11.7. The molecular formula is C16H21N3O2. The van der Waals surface area contributed by atoms with Crippen molar-refractivity contribution in [3.63, 3.8) is 0 Å². The predicted octanol–water partition coefficient (Wildman–Crippen LogP) is 2.00. The fourth-order valence-electron chi connectivity index (χ4n) is 2.12. The molecule has 112 valence electrons. The molecule has 1 heterocycles. The van der Waals surface area contributed by atoms with Crippen LogP contribution in [0.4, 0.5) is 0 Å². The molecule has 0 bridgehead atoms. The quantitative estimate of drug-likeness (QED) is 0.884. The molecule has 0 aliphatic carbocycles. The van der Waals surface area contributed by atoms with Gasteiger partial charge in [0.05, 0.1) is 12.2 Å². The molecule has 0 atom stereocenters. The highest BCUT2D eigenvalue weighted by Gasteiger charge is 2.05. The molecule has 2 rings (SSSR count). The number of benzene rings is 1. The number of nitrogens with one attached hydrogen (secondary N) is 1. The minimum absolute atomic E-state index is 0.0297. The summed E-state index contributed by atoms with van der Waals surface area (Å²) < 4.78 is 7.38. The molecule has 0 aliphatic heterocycles. The third kappa shape index (κ3) is 4.34. The lowest BCUT2D eigenvalue weighted by atomic mass is 10.2. The molecule has 0 saturated heterocycles. The van der Waals surface area contributed by atoms with Gasteiger partial charge >= 0.3 is 0 Å². The maximum Gasteiger partial charge on any atom is 0.258 e. The minimum Gasteiger partial charge on any atom is -0.484 e. The summed E-state index contributed by atoms with van der Waals surface area (Å²) in [5, 5.41) is 7.18. The molecule has 5 nitrogen and oxygen atoms in total. The van der Waals surface area contributed by atoms with Crippen LogP contribution in [0.2, 0.25) is 0 Å². The topological polar surface area (TPSA) is 56.2 Å². The average Bonchev–Trinajstić information content (AvgIpc) is 2.76. The molecule has 0 fully saturated rings. The predicted molar refractivity (Wildman–Crippen MR) is 81.4 cm³/mol. The summed E-state index contributed by atoms with van der Waals surface area (Å²) >= 11 is 0. The van der Waals surface area contributed by atoms with Crippen molar-refractivity contribution in [3.8, 4) is 5.75 Å². The van der Waals surface area contributed by atoms with Crippen LogP contribution in [0.5, 0.6) is 5.75 Å². The summed E-state index contributed by atoms with van der Waals surface area (Å²) in [5.74, 6) is 0.617. The first-order valence-electron chi connectivity index (χ1n) is 7.02. The number of ether oxygens (including phenoxy) is 1. The number of amides is 1. The molecular weight excluding hydrogens is 266 g/mol. The van der Waals surface area contributed by atoms with Crippen LogP contribution in [0.25, 0.3) is 0 Å². The fraction of sp³-hybridized carbons (Fsp3) is 0.375. The van der Waals surface area contributed by atoms with Crippen molar-refractivity contribution in [3.05, 3.63) is 47.3 Å². The number of rotatable bonds is 6. The highest BCUT2D eigenvalue weighted by Crippen LogP contribution is 2.15. The highest BCUT2D eigenvalue weighted by atomic mass is 16.5. The van der Waals surface area contributed by atoms with Crippen molar-refractivity contribution in [2.45, 2.75) is 27.3 Å². The zero-order valence-electron chi connectivity index (χ0n) is 12.7. The van der Waals surface area contributed by atoms with Crippen LogP contribution >= 0.6 is 0 Å². The molecule has 0 unspecified atom stereocenters. The van der Waals surface area contributed by atoms with E-state index in [0.29, 0.717) is 13.1 Å². The molecule has 5 heteroatoms. The van der Waals surface area contributed by atoms with Crippen LogP contribution in [-0.2, 0) is 11.3 Å². The van der Waals surface area contributed by atoms with Crippen molar-refractivity contribution in [1.82, 2.24) is 15.1 Å². The maximum absolute atomic E-state index is 11.7. The Morgan fingerprint density at radius 1 is 1.29 bits per heavy atom. The zero-order valence-corrected chi connectivity index (χ0v) is 12.7. The van der Waals surface area contributed by atoms with Gasteiger partial charge in [-0.1, -0.05) is 18.2 Å². The Bertz CT molecular complexity index is 620. The van der Waals surface area contributed by atoms with E-state index in [0.717, 1.165) is 22.7 Å². The lowest BCUT2D eigenvalue weighted by Gasteiger charge is -2.10. The fourth-order valence-corrected chi connectivity index (χ4v) is 2.12. The molecule has 0 radical (unpaired) electrons. The van der Waals surface area contributed by atoms with Crippen molar-refractivity contribution < 1.29 is 9.53 Å². The van der Waals surface area contributed by atoms with Gasteiger partial charge in [-0.3, -0.25) is 9.48 Å². The SMILES string of the molecule is Cc1cc(C)n(CCNC(=O)COc2ccccc2C)n1. The van der Waals surface area contributed by atoms with Gasteiger partial charge in [0, 0.05) is 12.2 Å². The van der Waals surface area contributed by atoms with Gasteiger partial charge in [-0.15, -0.1) is 0 Å². The molecule has 0 aliphatic rings. The third-order valence-electron chi connectivity index (χ3n) is 3.20. The van der Waals surface area contributed by atoms with Gasteiger partial charge < -0.3 is 10.1 Å². The first kappa shape index (κ1) is 15.1. The smallest absolute Gasteiger partial charge is 0.258 e. The lowest BCUT2D eigenvalue weighted by Crippen LogP contribution is -2.32. The van der Waals surface area contributed by atoms with Crippen molar-refractivity contribution in [1.29, 1.82) is 0 Å². The summed E-state index contributed by atoms with van der Waals surface area (Å²) in [6.07, 6.45) is 0. The number of carbonyl (C=O) groups excluding carboxylic acids is 1. The molecule has 0 saturated carbocycles. The van der Waals surface area contributed by atoms with Crippen LogP contribution in [-0.4, -0.2) is 28.8 Å². The van der Waals surface area contributed by atoms with E-state index in [1.807, 2.05) is 55.8 Å². The van der Waals surface area contributed by atoms with Crippen LogP contribution in [0.1, 0.15) is 17.0 Å². The molecule has 1 aromatic heterocycles. The van der Waals surface area contributed by atoms with Gasteiger partial charge in [0.15, 0.2) is 6.61 Å². The molecule has 1 amide bonds. The van der Waals surface area contributed by atoms with Gasteiger partial charge in [-0.2, -0.15) is 5.10 Å². The highest BCUT2D eigenvalue weighted by molar-refractivity contribution is 5.77. The van der Waals surface area contributed by atoms with E-state index >= 15 is 0 Å². The lowest BCUT2D eigenvalue weighted by molar-refractivity contribution is -0.123. The van der Waals surface area contributed by atoms with E-state index < -0.39 is 0 Å². The Labute approximate surface area is 124 Å². The number of nitrogens with zero attached hydrogens (tertiary/aromatic N) is 2. The summed E-state index contributed by atoms with van der Waals surface area (Å²) in [6.45, 7) is 7.15. The standard InChI is InChI=1S/C16H21N3O2/c1-12-6-4-5-7-15(12)21-11-16(20)17-8-9-19-14(3)10-13(2)18-19/h4-7,10H,8-9,11H2,1-3H3,(H,17,20). The van der Waals surface area contributed by atoms with Gasteiger partial charge in [0.2, 0.25) is 0 Å². The van der Waals surface area contributed by atoms with Crippen molar-refractivity contribution in [2.24, 2.45) is 0 Å². The van der Waals surface area contributed by atoms with Gasteiger partial charge in [-0.05, 0) is 38.5 Å². The van der Waals surface area contributed by atoms with E-state index in [1.54, 1.807) is 0 Å². The number of carbonyl (C=O) groups is 1. The van der Waals surface area contributed by atoms with Crippen LogP contribution in [0.3, 0.4) is 0 Å². The van der Waals surface area contributed by atoms with E-state index in [9.17, 15) is 4.79 Å². The molecule has 0 spiro atoms. The van der Waals surface area contributed by atoms with Gasteiger partial charge in [-0.25, -0.2) is 0 Å². The Hall–Kier alpha value is -2.30. The minimum atomic E-state index is -0.125. The molecule has 2 aromatic rings. The Balaban J connectivity index is 1.73. The van der Waals surface area contributed by atoms with Crippen molar-refractivity contribution >= 4 is 5.91 Å². The second-order valence-corrected chi connectivity index (χ2v) is 5.05. The Morgan fingerprint density at radius 2 is 2.05 bits per heavy atom. The van der Waals surface area contributed by atoms with Gasteiger partial charge in [0.25, 0.3) is 5.91 Å². The average molecular weight is 287 g/mol. The van der Waals surface area contributed by atoms with Crippen LogP contribution in [0, 0.1) is 20.8 Å². The molecule has 21 heavy (non-hydrogen) atoms. The number of para-hydroxylation sites is 1. The molecule has 1 N–H and O–H groups in total. The summed E-state index contributed by atoms with van der Waals surface area (Å²) in [7, 11) is 0. The normalized spacial score (nSPS) is 10.4. The second-order valence-electron chi connectivity index (χ2n) is 5.05. The van der Waals surface area contributed by atoms with Crippen LogP contribution < -0.4 is 10.1 Å². The zero-order chi connectivity index (χ0) is 15.2. The van der Waals surface area contributed by atoms with Crippen molar-refractivity contribution in [2.75, 3.05) is 13.2 Å². The van der Waals surface area contributed by atoms with E-state index in [2.05, 4.69) is 10.4 Å². The van der Waals surface area contributed by atoms with Crippen LogP contribution in [0.15, 0.2) is 30.3 Å². The summed E-state index contributed by atoms with van der Waals surface area (Å²) in [4.78, 5) is 11.7. The number of aromatic nitrogens is 2. The number of hydrogen-bond acceptors (Lipinski definition) is 3. The Morgan fingerprint density at radius 3 is 2.71 bits per heavy atom. The number of aryl methyl sites for hydroxylation is 3. The summed E-state index contributed by atoms with van der Waals surface area (Å²) in [6, 6.07) is 9.66. The first-order valence-corrected chi connectivity index (χ1v) is 7.02. The first-order chi connectivity index (χ1) is 10.1. The van der Waals surface area contributed by atoms with E-state index in [1.165, 1.54) is 0 Å². The molecule has 1 aromatic carbocycles. The number of hydrogen-bond donors (Lipinski definition) is 1. The monoisotopic (exact) mass is 287 g/mol. The van der Waals surface area contributed by atoms with E-state index in [4.69, 9.17) is 4.74 Å². The summed E-state index contributed by atoms with van der Waals surface area (Å²) in [5.41, 5.74) is 3.10.